The molecule has 1 saturated heterocycles. The van der Waals surface area contributed by atoms with Gasteiger partial charge in [0.15, 0.2) is 0 Å². The molecule has 7 nitrogen and oxygen atoms in total. The highest BCUT2D eigenvalue weighted by Crippen LogP contribution is 2.22. The van der Waals surface area contributed by atoms with Crippen LogP contribution in [0.15, 0.2) is 36.5 Å². The lowest BCUT2D eigenvalue weighted by molar-refractivity contribution is -0.125. The van der Waals surface area contributed by atoms with Crippen LogP contribution in [0.3, 0.4) is 0 Å². The molecule has 7 heteroatoms. The van der Waals surface area contributed by atoms with Gasteiger partial charge in [0.2, 0.25) is 17.7 Å². The minimum Gasteiger partial charge on any atom is -0.481 e. The van der Waals surface area contributed by atoms with Gasteiger partial charge in [0.25, 0.3) is 0 Å². The van der Waals surface area contributed by atoms with Crippen LogP contribution in [0.1, 0.15) is 37.8 Å². The van der Waals surface area contributed by atoms with E-state index in [1.807, 2.05) is 0 Å². The number of carbonyl (C=O) groups is 1. The summed E-state index contributed by atoms with van der Waals surface area (Å²) >= 11 is 0. The summed E-state index contributed by atoms with van der Waals surface area (Å²) in [7, 11) is 1.60. The molecule has 1 aromatic heterocycles. The summed E-state index contributed by atoms with van der Waals surface area (Å²) < 4.78 is 5.18. The van der Waals surface area contributed by atoms with Crippen LogP contribution in [0.5, 0.6) is 5.88 Å². The van der Waals surface area contributed by atoms with E-state index in [2.05, 4.69) is 63.2 Å². The largest absolute Gasteiger partial charge is 0.481 e. The minimum atomic E-state index is 0.0331. The lowest BCUT2D eigenvalue weighted by Crippen LogP contribution is -2.41. The normalized spacial score (nSPS) is 14.7. The molecule has 0 unspecified atom stereocenters. The van der Waals surface area contributed by atoms with Crippen LogP contribution in [0.25, 0.3) is 0 Å². The number of hydrogen-bond donors (Lipinski definition) is 1. The maximum absolute atomic E-state index is 12.7. The SMILES string of the molecule is CCN(CC)Cc1cccc(CNC(=O)C2CCN(c3nccc(OC)n3)CC2)c1. The van der Waals surface area contributed by atoms with E-state index in [1.54, 1.807) is 19.4 Å². The minimum absolute atomic E-state index is 0.0331. The highest BCUT2D eigenvalue weighted by Gasteiger charge is 2.26. The van der Waals surface area contributed by atoms with Gasteiger partial charge < -0.3 is 15.0 Å². The standard InChI is InChI=1S/C23H33N5O2/c1-4-27(5-2)17-19-8-6-7-18(15-19)16-25-22(29)20-10-13-28(14-11-20)23-24-12-9-21(26-23)30-3/h6-9,12,15,20H,4-5,10-11,13-14,16-17H2,1-3H3,(H,25,29). The van der Waals surface area contributed by atoms with Crippen molar-refractivity contribution < 1.29 is 9.53 Å². The quantitative estimate of drug-likeness (QED) is 0.684. The number of amides is 1. The summed E-state index contributed by atoms with van der Waals surface area (Å²) in [6.07, 6.45) is 3.30. The van der Waals surface area contributed by atoms with Gasteiger partial charge in [-0.15, -0.1) is 0 Å². The molecular formula is C23H33N5O2. The first-order chi connectivity index (χ1) is 14.6. The van der Waals surface area contributed by atoms with Crippen molar-refractivity contribution in [3.8, 4) is 5.88 Å². The Bertz CT molecular complexity index is 817. The molecule has 0 atom stereocenters. The Morgan fingerprint density at radius 1 is 1.20 bits per heavy atom. The molecule has 3 rings (SSSR count). The van der Waals surface area contributed by atoms with Crippen LogP contribution in [-0.2, 0) is 17.9 Å². The van der Waals surface area contributed by atoms with E-state index in [9.17, 15) is 4.79 Å². The number of hydrogen-bond acceptors (Lipinski definition) is 6. The van der Waals surface area contributed by atoms with Crippen molar-refractivity contribution in [1.29, 1.82) is 0 Å². The number of benzene rings is 1. The van der Waals surface area contributed by atoms with Gasteiger partial charge in [0, 0.05) is 44.4 Å². The topological polar surface area (TPSA) is 70.6 Å². The molecule has 0 aliphatic carbocycles. The van der Waals surface area contributed by atoms with Gasteiger partial charge in [-0.2, -0.15) is 4.98 Å². The van der Waals surface area contributed by atoms with Crippen molar-refractivity contribution in [3.05, 3.63) is 47.7 Å². The molecule has 1 aliphatic rings. The number of rotatable bonds is 9. The monoisotopic (exact) mass is 411 g/mol. The van der Waals surface area contributed by atoms with Gasteiger partial charge in [-0.05, 0) is 37.1 Å². The number of nitrogens with one attached hydrogen (secondary N) is 1. The van der Waals surface area contributed by atoms with E-state index in [-0.39, 0.29) is 11.8 Å². The van der Waals surface area contributed by atoms with E-state index in [0.717, 1.165) is 51.1 Å². The van der Waals surface area contributed by atoms with Crippen molar-refractivity contribution in [2.45, 2.75) is 39.8 Å². The molecule has 30 heavy (non-hydrogen) atoms. The Balaban J connectivity index is 1.48. The fourth-order valence-corrected chi connectivity index (χ4v) is 3.82. The van der Waals surface area contributed by atoms with Crippen molar-refractivity contribution >= 4 is 11.9 Å². The number of anilines is 1. The zero-order valence-electron chi connectivity index (χ0n) is 18.3. The fourth-order valence-electron chi connectivity index (χ4n) is 3.82. The second-order valence-corrected chi connectivity index (χ2v) is 7.66. The molecule has 0 spiro atoms. The number of methoxy groups -OCH3 is 1. The Hall–Kier alpha value is -2.67. The molecule has 0 bridgehead atoms. The van der Waals surface area contributed by atoms with Crippen LogP contribution < -0.4 is 15.0 Å². The molecule has 0 saturated carbocycles. The zero-order chi connectivity index (χ0) is 21.3. The third kappa shape index (κ3) is 5.92. The van der Waals surface area contributed by atoms with Crippen LogP contribution in [0.2, 0.25) is 0 Å². The lowest BCUT2D eigenvalue weighted by atomic mass is 9.96. The van der Waals surface area contributed by atoms with Crippen molar-refractivity contribution in [2.75, 3.05) is 38.2 Å². The Morgan fingerprint density at radius 2 is 1.93 bits per heavy atom. The van der Waals surface area contributed by atoms with E-state index in [1.165, 1.54) is 5.56 Å². The summed E-state index contributed by atoms with van der Waals surface area (Å²) in [5, 5.41) is 3.13. The highest BCUT2D eigenvalue weighted by molar-refractivity contribution is 5.78. The van der Waals surface area contributed by atoms with Gasteiger partial charge in [0.05, 0.1) is 7.11 Å². The number of nitrogens with zero attached hydrogens (tertiary/aromatic N) is 4. The zero-order valence-corrected chi connectivity index (χ0v) is 18.3. The predicted molar refractivity (Wildman–Crippen MR) is 118 cm³/mol. The van der Waals surface area contributed by atoms with Crippen LogP contribution in [0, 0.1) is 5.92 Å². The number of piperidine rings is 1. The van der Waals surface area contributed by atoms with Gasteiger partial charge in [-0.25, -0.2) is 4.98 Å². The summed E-state index contributed by atoms with van der Waals surface area (Å²) in [6, 6.07) is 10.2. The molecule has 2 heterocycles. The first kappa shape index (κ1) is 22.0. The summed E-state index contributed by atoms with van der Waals surface area (Å²) in [5.74, 6) is 1.39. The third-order valence-corrected chi connectivity index (χ3v) is 5.73. The molecule has 2 aromatic rings. The number of aromatic nitrogens is 2. The van der Waals surface area contributed by atoms with Crippen LogP contribution in [-0.4, -0.2) is 54.1 Å². The molecule has 162 valence electrons. The maximum atomic E-state index is 12.7. The van der Waals surface area contributed by atoms with E-state index < -0.39 is 0 Å². The Kier molecular flexibility index (Phi) is 8.02. The van der Waals surface area contributed by atoms with Crippen LogP contribution in [0.4, 0.5) is 5.95 Å². The fraction of sp³-hybridized carbons (Fsp3) is 0.522. The highest BCUT2D eigenvalue weighted by atomic mass is 16.5. The second-order valence-electron chi connectivity index (χ2n) is 7.66. The summed E-state index contributed by atoms with van der Waals surface area (Å²) in [4.78, 5) is 25.9. The van der Waals surface area contributed by atoms with Gasteiger partial charge >= 0.3 is 0 Å². The molecule has 1 N–H and O–H groups in total. The molecule has 0 radical (unpaired) electrons. The molecule has 1 aliphatic heterocycles. The average molecular weight is 412 g/mol. The Morgan fingerprint density at radius 3 is 2.63 bits per heavy atom. The summed E-state index contributed by atoms with van der Waals surface area (Å²) in [6.45, 7) is 9.49. The molecule has 1 amide bonds. The first-order valence-electron chi connectivity index (χ1n) is 10.8. The lowest BCUT2D eigenvalue weighted by Gasteiger charge is -2.31. The van der Waals surface area contributed by atoms with Gasteiger partial charge in [-0.1, -0.05) is 38.1 Å². The van der Waals surface area contributed by atoms with Gasteiger partial charge in [0.1, 0.15) is 0 Å². The number of ether oxygens (including phenoxy) is 1. The Labute approximate surface area is 179 Å². The second kappa shape index (κ2) is 10.9. The summed E-state index contributed by atoms with van der Waals surface area (Å²) in [5.41, 5.74) is 2.44. The molecule has 1 fully saturated rings. The average Bonchev–Trinajstić information content (AvgIpc) is 2.81. The van der Waals surface area contributed by atoms with Gasteiger partial charge in [-0.3, -0.25) is 9.69 Å². The van der Waals surface area contributed by atoms with Crippen molar-refractivity contribution in [1.82, 2.24) is 20.2 Å². The van der Waals surface area contributed by atoms with Crippen molar-refractivity contribution in [3.63, 3.8) is 0 Å². The van der Waals surface area contributed by atoms with E-state index in [4.69, 9.17) is 4.74 Å². The molecular weight excluding hydrogens is 378 g/mol. The van der Waals surface area contributed by atoms with E-state index >= 15 is 0 Å². The maximum Gasteiger partial charge on any atom is 0.228 e. The third-order valence-electron chi connectivity index (χ3n) is 5.73. The smallest absolute Gasteiger partial charge is 0.228 e. The van der Waals surface area contributed by atoms with E-state index in [0.29, 0.717) is 18.4 Å². The van der Waals surface area contributed by atoms with Crippen LogP contribution >= 0.6 is 0 Å². The van der Waals surface area contributed by atoms with Crippen molar-refractivity contribution in [2.24, 2.45) is 5.92 Å². The predicted octanol–water partition coefficient (Wildman–Crippen LogP) is 2.86. The first-order valence-corrected chi connectivity index (χ1v) is 10.8. The molecule has 1 aromatic carbocycles. The number of carbonyl (C=O) groups excluding carboxylic acids is 1.